The second-order valence-corrected chi connectivity index (χ2v) is 11.4. The molecule has 0 bridgehead atoms. The highest BCUT2D eigenvalue weighted by Gasteiger charge is 2.57. The lowest BCUT2D eigenvalue weighted by Crippen LogP contribution is -2.74. The van der Waals surface area contributed by atoms with Gasteiger partial charge in [0.25, 0.3) is 5.91 Å². The molecule has 2 amide bonds. The maximum atomic E-state index is 13.0. The Kier molecular flexibility index (Phi) is 8.45. The smallest absolute Gasteiger partial charge is 0.313 e. The van der Waals surface area contributed by atoms with Gasteiger partial charge in [-0.3, -0.25) is 14.4 Å². The van der Waals surface area contributed by atoms with Gasteiger partial charge in [0, 0.05) is 29.6 Å². The molecule has 2 unspecified atom stereocenters. The molecular weight excluding hydrogens is 568 g/mol. The molecule has 208 valence electrons. The number of carboxylic acid groups (broad SMARTS) is 1. The fourth-order valence-corrected chi connectivity index (χ4v) is 7.26. The quantitative estimate of drug-likeness (QED) is 0.0406. The number of carbonyl (C=O) groups excluding carboxylic acids is 2. The standard InChI is InChI=1S/C21H26N10O5S3/c1-3-5-30-11(23)6-10(22)25-20(30)38-9-21(18(34)35)7-31-16(33)13(17(31)37-8-21)26-15(32)12(28-36-4-2)14-27-19(24)39-29-14/h3,6,13,17H,1,4-5,7-9H2,2H3,(H7,22,23,24,26,27,29,32,34,35)/p+1/t13?,17-,21?/m1/s1. The molecule has 3 atom stereocenters. The maximum absolute atomic E-state index is 13.0. The molecule has 4 rings (SSSR count). The Hall–Kier alpha value is -3.64. The van der Waals surface area contributed by atoms with Crippen molar-refractivity contribution in [3.63, 3.8) is 0 Å². The molecule has 8 N–H and O–H groups in total. The van der Waals surface area contributed by atoms with Gasteiger partial charge in [0.1, 0.15) is 23.4 Å². The number of carboxylic acids is 1. The number of amides is 2. The van der Waals surface area contributed by atoms with Crippen molar-refractivity contribution in [2.24, 2.45) is 10.6 Å². The number of nitrogen functional groups attached to an aromatic ring is 3. The van der Waals surface area contributed by atoms with Crippen molar-refractivity contribution in [2.45, 2.75) is 30.0 Å². The van der Waals surface area contributed by atoms with Crippen molar-refractivity contribution in [3.05, 3.63) is 24.5 Å². The van der Waals surface area contributed by atoms with Crippen LogP contribution in [0.1, 0.15) is 12.7 Å². The topological polar surface area (TPSA) is 229 Å². The van der Waals surface area contributed by atoms with Gasteiger partial charge in [-0.25, -0.2) is 4.57 Å². The van der Waals surface area contributed by atoms with Crippen LogP contribution < -0.4 is 27.1 Å². The van der Waals surface area contributed by atoms with Crippen molar-refractivity contribution in [1.82, 2.24) is 24.6 Å². The number of nitrogens with zero attached hydrogens (tertiary/aromatic N) is 6. The van der Waals surface area contributed by atoms with E-state index >= 15 is 0 Å². The van der Waals surface area contributed by atoms with Crippen molar-refractivity contribution >= 4 is 75.3 Å². The minimum absolute atomic E-state index is 0.0187. The van der Waals surface area contributed by atoms with E-state index in [1.165, 1.54) is 34.5 Å². The van der Waals surface area contributed by atoms with Gasteiger partial charge in [0.15, 0.2) is 5.13 Å². The Morgan fingerprint density at radius 1 is 1.44 bits per heavy atom. The van der Waals surface area contributed by atoms with E-state index in [1.54, 1.807) is 17.6 Å². The number of β-lactam (4-membered cyclic amide) rings is 1. The minimum atomic E-state index is -1.27. The highest BCUT2D eigenvalue weighted by molar-refractivity contribution is 8.00. The molecule has 0 radical (unpaired) electrons. The normalized spacial score (nSPS) is 22.5. The first-order chi connectivity index (χ1) is 18.6. The average Bonchev–Trinajstić information content (AvgIpc) is 3.33. The highest BCUT2D eigenvalue weighted by atomic mass is 32.2. The van der Waals surface area contributed by atoms with Crippen molar-refractivity contribution in [2.75, 3.05) is 41.9 Å². The Morgan fingerprint density at radius 3 is 2.85 bits per heavy atom. The Morgan fingerprint density at radius 2 is 2.21 bits per heavy atom. The Labute approximate surface area is 235 Å². The molecule has 39 heavy (non-hydrogen) atoms. The van der Waals surface area contributed by atoms with Crippen LogP contribution in [0.4, 0.5) is 16.8 Å². The third kappa shape index (κ3) is 5.71. The lowest BCUT2D eigenvalue weighted by atomic mass is 9.89. The number of nitrogens with one attached hydrogen (secondary N) is 1. The van der Waals surface area contributed by atoms with Crippen LogP contribution in [0, 0.1) is 5.41 Å². The second kappa shape index (κ2) is 11.6. The fourth-order valence-electron chi connectivity index (χ4n) is 3.93. The molecule has 15 nitrogen and oxygen atoms in total. The molecule has 2 saturated heterocycles. The number of hydrogen-bond donors (Lipinski definition) is 5. The first-order valence-corrected chi connectivity index (χ1v) is 14.4. The number of thioether (sulfide) groups is 2. The first kappa shape index (κ1) is 28.4. The summed E-state index contributed by atoms with van der Waals surface area (Å²) in [5, 5.41) is 16.7. The van der Waals surface area contributed by atoms with Gasteiger partial charge < -0.3 is 37.4 Å². The third-order valence-electron chi connectivity index (χ3n) is 5.89. The summed E-state index contributed by atoms with van der Waals surface area (Å²) < 4.78 is 5.67. The highest BCUT2D eigenvalue weighted by Crippen LogP contribution is 2.44. The van der Waals surface area contributed by atoms with Crippen molar-refractivity contribution in [1.29, 1.82) is 0 Å². The van der Waals surface area contributed by atoms with Crippen LogP contribution in [-0.2, 0) is 25.8 Å². The number of rotatable bonds is 11. The van der Waals surface area contributed by atoms with E-state index in [0.717, 1.165) is 11.5 Å². The summed E-state index contributed by atoms with van der Waals surface area (Å²) in [7, 11) is 0. The zero-order chi connectivity index (χ0) is 28.3. The fraction of sp³-hybridized carbons (Fsp3) is 0.429. The second-order valence-electron chi connectivity index (χ2n) is 8.59. The van der Waals surface area contributed by atoms with Crippen molar-refractivity contribution < 1.29 is 28.9 Å². The van der Waals surface area contributed by atoms with Crippen LogP contribution in [0.25, 0.3) is 0 Å². The van der Waals surface area contributed by atoms with E-state index in [1.807, 2.05) is 0 Å². The molecule has 2 aromatic heterocycles. The lowest BCUT2D eigenvalue weighted by molar-refractivity contribution is -0.713. The van der Waals surface area contributed by atoms with Gasteiger partial charge in [-0.2, -0.15) is 9.36 Å². The summed E-state index contributed by atoms with van der Waals surface area (Å²) in [5.74, 6) is -1.31. The Bertz CT molecular complexity index is 1340. The molecular formula is C21H27N10O5S3+. The predicted octanol–water partition coefficient (Wildman–Crippen LogP) is -0.843. The van der Waals surface area contributed by atoms with Gasteiger partial charge >= 0.3 is 11.1 Å². The SMILES string of the molecule is C=CC[n+]1c(N)cc(N)nc1SCC1(C(=O)O)CS[C@@H]2C(NC(=O)C(=NOCC)c3nsc(N)n3)C(=O)N2C1. The van der Waals surface area contributed by atoms with Gasteiger partial charge in [0.05, 0.1) is 12.6 Å². The number of aromatic nitrogens is 4. The van der Waals surface area contributed by atoms with E-state index in [2.05, 4.69) is 31.4 Å². The van der Waals surface area contributed by atoms with E-state index in [-0.39, 0.29) is 47.1 Å². The van der Waals surface area contributed by atoms with Crippen LogP contribution in [0.5, 0.6) is 0 Å². The van der Waals surface area contributed by atoms with E-state index in [4.69, 9.17) is 22.0 Å². The molecule has 2 fully saturated rings. The molecule has 0 spiro atoms. The maximum Gasteiger partial charge on any atom is 0.313 e. The van der Waals surface area contributed by atoms with Crippen LogP contribution in [0.3, 0.4) is 0 Å². The zero-order valence-corrected chi connectivity index (χ0v) is 23.2. The predicted molar refractivity (Wildman–Crippen MR) is 147 cm³/mol. The van der Waals surface area contributed by atoms with E-state index < -0.39 is 34.6 Å². The van der Waals surface area contributed by atoms with Crippen LogP contribution in [0.15, 0.2) is 29.0 Å². The molecule has 2 aliphatic rings. The molecule has 0 aromatic carbocycles. The van der Waals surface area contributed by atoms with Crippen LogP contribution in [-0.4, -0.2) is 83.9 Å². The number of carbonyl (C=O) groups is 3. The zero-order valence-electron chi connectivity index (χ0n) is 20.8. The number of aliphatic carboxylic acids is 1. The molecule has 2 aromatic rings. The van der Waals surface area contributed by atoms with E-state index in [9.17, 15) is 19.5 Å². The average molecular weight is 596 g/mol. The number of oxime groups is 1. The number of allylic oxidation sites excluding steroid dienone is 1. The largest absolute Gasteiger partial charge is 0.481 e. The van der Waals surface area contributed by atoms with E-state index in [0.29, 0.717) is 17.5 Å². The van der Waals surface area contributed by atoms with Gasteiger partial charge in [0.2, 0.25) is 29.1 Å². The van der Waals surface area contributed by atoms with Gasteiger partial charge in [-0.1, -0.05) is 34.6 Å². The van der Waals surface area contributed by atoms with Crippen LogP contribution in [0.2, 0.25) is 0 Å². The number of anilines is 3. The van der Waals surface area contributed by atoms with Crippen LogP contribution >= 0.6 is 35.1 Å². The first-order valence-electron chi connectivity index (χ1n) is 11.6. The summed E-state index contributed by atoms with van der Waals surface area (Å²) >= 11 is 3.35. The molecule has 4 heterocycles. The minimum Gasteiger partial charge on any atom is -0.481 e. The lowest BCUT2D eigenvalue weighted by Gasteiger charge is -2.53. The molecule has 2 aliphatic heterocycles. The summed E-state index contributed by atoms with van der Waals surface area (Å²) in [6.45, 7) is 5.93. The summed E-state index contributed by atoms with van der Waals surface area (Å²) in [4.78, 5) is 53.2. The third-order valence-corrected chi connectivity index (χ3v) is 9.29. The summed E-state index contributed by atoms with van der Waals surface area (Å²) in [6, 6.07) is 0.633. The van der Waals surface area contributed by atoms with Gasteiger partial charge in [-0.15, -0.1) is 11.8 Å². The van der Waals surface area contributed by atoms with Crippen molar-refractivity contribution in [3.8, 4) is 0 Å². The monoisotopic (exact) mass is 595 g/mol. The number of fused-ring (bicyclic) bond motifs is 1. The molecule has 0 aliphatic carbocycles. The number of nitrogens with two attached hydrogens (primary N) is 3. The molecule has 18 heteroatoms. The Balaban J connectivity index is 1.46. The summed E-state index contributed by atoms with van der Waals surface area (Å²) in [6.07, 6.45) is 1.64. The summed E-state index contributed by atoms with van der Waals surface area (Å²) in [5.41, 5.74) is 16.1. The van der Waals surface area contributed by atoms with Gasteiger partial charge in [-0.05, 0) is 6.92 Å². The number of hydrogen-bond acceptors (Lipinski definition) is 14. The molecule has 0 saturated carbocycles.